The number of rotatable bonds is 5. The Morgan fingerprint density at radius 3 is 2.21 bits per heavy atom. The molecule has 0 amide bonds. The molecule has 0 N–H and O–H groups in total. The summed E-state index contributed by atoms with van der Waals surface area (Å²) in [7, 11) is 12.7. The van der Waals surface area contributed by atoms with E-state index in [1.807, 2.05) is 87.5 Å². The van der Waals surface area contributed by atoms with Crippen molar-refractivity contribution in [2.24, 2.45) is 5.41 Å². The first-order valence-corrected chi connectivity index (χ1v) is 13.8. The van der Waals surface area contributed by atoms with Crippen molar-refractivity contribution in [1.82, 2.24) is 4.98 Å². The predicted molar refractivity (Wildman–Crippen MR) is 170 cm³/mol. The molecule has 4 aromatic carbocycles. The first kappa shape index (κ1) is 27.5. The molecule has 6 aromatic rings. The lowest BCUT2D eigenvalue weighted by Gasteiger charge is -2.34. The largest absolute Gasteiger partial charge is 0.455 e. The number of benzene rings is 4. The normalized spacial score (nSPS) is 12.1. The average Bonchev–Trinajstić information content (AvgIpc) is 3.34. The van der Waals surface area contributed by atoms with Gasteiger partial charge in [0.25, 0.3) is 0 Å². The molecular weight excluding hydrogens is 517 g/mol. The minimum Gasteiger partial charge on any atom is -0.455 e. The van der Waals surface area contributed by atoms with E-state index in [0.29, 0.717) is 40.0 Å². The van der Waals surface area contributed by atoms with Crippen LogP contribution in [0.15, 0.2) is 102 Å². The molecule has 3 nitrogen and oxygen atoms in total. The third kappa shape index (κ3) is 5.01. The van der Waals surface area contributed by atoms with Crippen molar-refractivity contribution >= 4 is 37.6 Å². The van der Waals surface area contributed by atoms with Gasteiger partial charge in [0.2, 0.25) is 0 Å². The topological polar surface area (TPSA) is 49.8 Å². The standard InChI is InChI=1S/C36H27B2FN2O/c1-35(2,3)21-36(37,38)29-20-41-31(18-30(29)39)28-14-8-13-26-27-16-15-25(19-40)32(34(27)42-33(26)28)24-12-7-11-23(17-24)22-9-5-4-6-10-22/h4-18,20H,21H2,1-3H3. The van der Waals surface area contributed by atoms with Crippen molar-refractivity contribution in [3.05, 3.63) is 114 Å². The van der Waals surface area contributed by atoms with Crippen molar-refractivity contribution in [3.63, 3.8) is 0 Å². The van der Waals surface area contributed by atoms with Crippen LogP contribution >= 0.6 is 0 Å². The molecule has 0 aliphatic heterocycles. The minimum absolute atomic E-state index is 0.164. The molecule has 0 fully saturated rings. The van der Waals surface area contributed by atoms with Crippen LogP contribution in [0.5, 0.6) is 0 Å². The molecule has 0 atom stereocenters. The lowest BCUT2D eigenvalue weighted by atomic mass is 9.47. The van der Waals surface area contributed by atoms with Gasteiger partial charge in [-0.25, -0.2) is 4.39 Å². The highest BCUT2D eigenvalue weighted by Crippen LogP contribution is 2.42. The fourth-order valence-electron chi connectivity index (χ4n) is 5.82. The maximum absolute atomic E-state index is 15.5. The number of para-hydroxylation sites is 1. The second-order valence-corrected chi connectivity index (χ2v) is 12.0. The molecule has 2 heterocycles. The van der Waals surface area contributed by atoms with Gasteiger partial charge in [-0.05, 0) is 51.9 Å². The van der Waals surface area contributed by atoms with Gasteiger partial charge in [-0.2, -0.15) is 5.26 Å². The van der Waals surface area contributed by atoms with E-state index in [1.165, 1.54) is 12.3 Å². The zero-order valence-electron chi connectivity index (χ0n) is 23.8. The molecule has 0 saturated carbocycles. The van der Waals surface area contributed by atoms with Crippen LogP contribution < -0.4 is 0 Å². The third-order valence-corrected chi connectivity index (χ3v) is 7.50. The van der Waals surface area contributed by atoms with Gasteiger partial charge in [0.05, 0.1) is 33.0 Å². The Hall–Kier alpha value is -4.62. The number of aromatic nitrogens is 1. The van der Waals surface area contributed by atoms with E-state index in [9.17, 15) is 5.26 Å². The summed E-state index contributed by atoms with van der Waals surface area (Å²) in [5, 5.41) is 10.4. The zero-order valence-corrected chi connectivity index (χ0v) is 23.8. The molecule has 200 valence electrons. The Kier molecular flexibility index (Phi) is 6.78. The van der Waals surface area contributed by atoms with E-state index in [0.717, 1.165) is 27.5 Å². The van der Waals surface area contributed by atoms with Crippen LogP contribution in [0.25, 0.3) is 55.4 Å². The molecule has 0 aliphatic carbocycles. The van der Waals surface area contributed by atoms with Gasteiger partial charge in [0.15, 0.2) is 0 Å². The molecule has 0 unspecified atom stereocenters. The number of hydrogen-bond donors (Lipinski definition) is 0. The Morgan fingerprint density at radius 2 is 1.50 bits per heavy atom. The lowest BCUT2D eigenvalue weighted by molar-refractivity contribution is 0.353. The van der Waals surface area contributed by atoms with Gasteiger partial charge < -0.3 is 4.42 Å². The van der Waals surface area contributed by atoms with Crippen LogP contribution in [0, 0.1) is 22.6 Å². The van der Waals surface area contributed by atoms with Gasteiger partial charge in [0.1, 0.15) is 17.0 Å². The van der Waals surface area contributed by atoms with E-state index >= 15 is 4.39 Å². The van der Waals surface area contributed by atoms with Crippen molar-refractivity contribution in [1.29, 1.82) is 5.26 Å². The second-order valence-electron chi connectivity index (χ2n) is 12.0. The van der Waals surface area contributed by atoms with Gasteiger partial charge in [-0.15, -0.1) is 0 Å². The van der Waals surface area contributed by atoms with Crippen molar-refractivity contribution < 1.29 is 8.81 Å². The summed E-state index contributed by atoms with van der Waals surface area (Å²) in [5.41, 5.74) is 6.35. The van der Waals surface area contributed by atoms with E-state index in [2.05, 4.69) is 29.3 Å². The summed E-state index contributed by atoms with van der Waals surface area (Å²) in [6, 6.07) is 31.3. The summed E-state index contributed by atoms with van der Waals surface area (Å²) >= 11 is 0. The quantitative estimate of drug-likeness (QED) is 0.204. The third-order valence-electron chi connectivity index (χ3n) is 7.50. The maximum atomic E-state index is 15.5. The smallest absolute Gasteiger partial charge is 0.144 e. The Morgan fingerprint density at radius 1 is 0.810 bits per heavy atom. The van der Waals surface area contributed by atoms with E-state index in [4.69, 9.17) is 20.1 Å². The Bertz CT molecular complexity index is 2000. The SMILES string of the molecule is [B]C([B])(CC(C)(C)C)c1cnc(-c2cccc3c2oc2c(-c4cccc(-c5ccccc5)c4)c(C#N)ccc23)cc1F. The summed E-state index contributed by atoms with van der Waals surface area (Å²) in [6.07, 6.45) is 1.80. The summed E-state index contributed by atoms with van der Waals surface area (Å²) < 4.78 is 22.1. The highest BCUT2D eigenvalue weighted by atomic mass is 19.1. The number of furan rings is 1. The lowest BCUT2D eigenvalue weighted by Crippen LogP contribution is -2.33. The van der Waals surface area contributed by atoms with E-state index in [1.54, 1.807) is 0 Å². The molecular formula is C36H27B2FN2O. The number of fused-ring (bicyclic) bond motifs is 3. The number of nitrogens with zero attached hydrogens (tertiary/aromatic N) is 2. The van der Waals surface area contributed by atoms with Crippen LogP contribution in [0.2, 0.25) is 0 Å². The zero-order chi connectivity index (χ0) is 29.6. The highest BCUT2D eigenvalue weighted by molar-refractivity contribution is 6.40. The first-order valence-electron chi connectivity index (χ1n) is 13.8. The van der Waals surface area contributed by atoms with Crippen molar-refractivity contribution in [3.8, 4) is 39.6 Å². The molecule has 0 saturated heterocycles. The van der Waals surface area contributed by atoms with Crippen LogP contribution in [-0.2, 0) is 5.21 Å². The van der Waals surface area contributed by atoms with Crippen LogP contribution in [0.1, 0.15) is 38.3 Å². The average molecular weight is 544 g/mol. The summed E-state index contributed by atoms with van der Waals surface area (Å²) in [6.45, 7) is 6.02. The van der Waals surface area contributed by atoms with Crippen molar-refractivity contribution in [2.75, 3.05) is 0 Å². The van der Waals surface area contributed by atoms with Crippen LogP contribution in [0.3, 0.4) is 0 Å². The van der Waals surface area contributed by atoms with Gasteiger partial charge >= 0.3 is 0 Å². The molecule has 42 heavy (non-hydrogen) atoms. The van der Waals surface area contributed by atoms with Gasteiger partial charge in [-0.1, -0.05) is 93.1 Å². The van der Waals surface area contributed by atoms with Gasteiger partial charge in [0, 0.05) is 34.2 Å². The first-order chi connectivity index (χ1) is 20.1. The van der Waals surface area contributed by atoms with E-state index in [-0.39, 0.29) is 11.0 Å². The summed E-state index contributed by atoms with van der Waals surface area (Å²) in [4.78, 5) is 4.57. The van der Waals surface area contributed by atoms with E-state index < -0.39 is 11.0 Å². The number of halogens is 1. The van der Waals surface area contributed by atoms with Crippen LogP contribution in [0.4, 0.5) is 4.39 Å². The molecule has 0 spiro atoms. The monoisotopic (exact) mass is 544 g/mol. The minimum atomic E-state index is -1.36. The molecule has 6 rings (SSSR count). The fourth-order valence-corrected chi connectivity index (χ4v) is 5.82. The molecule has 2 aromatic heterocycles. The number of nitriles is 1. The molecule has 6 heteroatoms. The Labute approximate surface area is 247 Å². The molecule has 4 radical (unpaired) electrons. The predicted octanol–water partition coefficient (Wildman–Crippen LogP) is 8.92. The second kappa shape index (κ2) is 10.3. The Balaban J connectivity index is 1.51. The number of pyridine rings is 1. The van der Waals surface area contributed by atoms with Crippen LogP contribution in [-0.4, -0.2) is 20.7 Å². The fraction of sp³-hybridized carbons (Fsp3) is 0.167. The van der Waals surface area contributed by atoms with Gasteiger partial charge in [-0.3, -0.25) is 4.98 Å². The summed E-state index contributed by atoms with van der Waals surface area (Å²) in [5.74, 6) is -0.521. The molecule has 0 aliphatic rings. The molecule has 0 bridgehead atoms. The maximum Gasteiger partial charge on any atom is 0.144 e. The number of hydrogen-bond acceptors (Lipinski definition) is 3. The van der Waals surface area contributed by atoms with Crippen molar-refractivity contribution in [2.45, 2.75) is 32.4 Å². The highest BCUT2D eigenvalue weighted by Gasteiger charge is 2.29.